The predicted molar refractivity (Wildman–Crippen MR) is 94.7 cm³/mol. The second kappa shape index (κ2) is 7.90. The molecule has 5 heteroatoms. The highest BCUT2D eigenvalue weighted by atomic mass is 16.5. The van der Waals surface area contributed by atoms with Crippen LogP contribution in [0.3, 0.4) is 0 Å². The fourth-order valence-electron chi connectivity index (χ4n) is 3.35. The van der Waals surface area contributed by atoms with E-state index in [1.165, 1.54) is 11.1 Å². The second-order valence-electron chi connectivity index (χ2n) is 6.82. The van der Waals surface area contributed by atoms with Crippen LogP contribution in [0.5, 0.6) is 0 Å². The van der Waals surface area contributed by atoms with E-state index >= 15 is 0 Å². The molecule has 0 spiro atoms. The number of ether oxygens (including phenoxy) is 1. The summed E-state index contributed by atoms with van der Waals surface area (Å²) in [6.45, 7) is 7.19. The quantitative estimate of drug-likeness (QED) is 0.784. The fourth-order valence-corrected chi connectivity index (χ4v) is 3.35. The highest BCUT2D eigenvalue weighted by Gasteiger charge is 2.26. The van der Waals surface area contributed by atoms with Gasteiger partial charge in [0.2, 0.25) is 0 Å². The van der Waals surface area contributed by atoms with Crippen molar-refractivity contribution in [3.05, 3.63) is 47.5 Å². The first-order valence-corrected chi connectivity index (χ1v) is 8.89. The van der Waals surface area contributed by atoms with E-state index in [-0.39, 0.29) is 0 Å². The van der Waals surface area contributed by atoms with Crippen LogP contribution in [0.25, 0.3) is 0 Å². The van der Waals surface area contributed by atoms with Crippen LogP contribution in [0, 0.1) is 6.92 Å². The molecule has 24 heavy (non-hydrogen) atoms. The molecule has 0 unspecified atom stereocenters. The van der Waals surface area contributed by atoms with Crippen molar-refractivity contribution in [2.45, 2.75) is 51.9 Å². The Balaban J connectivity index is 1.48. The summed E-state index contributed by atoms with van der Waals surface area (Å²) >= 11 is 0. The number of aryl methyl sites for hydroxylation is 2. The molecule has 1 saturated heterocycles. The Bertz CT molecular complexity index is 637. The van der Waals surface area contributed by atoms with Gasteiger partial charge >= 0.3 is 0 Å². The van der Waals surface area contributed by atoms with E-state index in [1.54, 1.807) is 0 Å². The number of hydrogen-bond donors (Lipinski definition) is 0. The van der Waals surface area contributed by atoms with E-state index < -0.39 is 0 Å². The maximum absolute atomic E-state index is 6.28. The molecule has 0 aromatic carbocycles. The van der Waals surface area contributed by atoms with E-state index in [2.05, 4.69) is 40.2 Å². The topological polar surface area (TPSA) is 43.2 Å². The number of pyridine rings is 1. The Hall–Kier alpha value is -1.72. The lowest BCUT2D eigenvalue weighted by Crippen LogP contribution is -2.32. The Morgan fingerprint density at radius 1 is 1.21 bits per heavy atom. The molecular formula is C19H28N4O. The molecule has 1 fully saturated rings. The molecule has 0 aliphatic carbocycles. The first kappa shape index (κ1) is 17.1. The van der Waals surface area contributed by atoms with Crippen LogP contribution in [-0.2, 0) is 24.8 Å². The molecule has 2 atom stereocenters. The molecule has 130 valence electrons. The summed E-state index contributed by atoms with van der Waals surface area (Å²) in [4.78, 5) is 6.82. The summed E-state index contributed by atoms with van der Waals surface area (Å²) in [5.74, 6) is 0. The smallest absolute Gasteiger partial charge is 0.0707 e. The van der Waals surface area contributed by atoms with Gasteiger partial charge in [0.25, 0.3) is 0 Å². The lowest BCUT2D eigenvalue weighted by molar-refractivity contribution is 0.0227. The van der Waals surface area contributed by atoms with Gasteiger partial charge in [-0.05, 0) is 37.9 Å². The van der Waals surface area contributed by atoms with Crippen molar-refractivity contribution in [1.82, 2.24) is 19.7 Å². The Morgan fingerprint density at radius 2 is 2.04 bits per heavy atom. The minimum Gasteiger partial charge on any atom is -0.373 e. The molecule has 2 aromatic rings. The third-order valence-electron chi connectivity index (χ3n) is 4.71. The molecule has 0 N–H and O–H groups in total. The molecule has 3 heterocycles. The van der Waals surface area contributed by atoms with Gasteiger partial charge in [-0.25, -0.2) is 0 Å². The number of rotatable bonds is 7. The van der Waals surface area contributed by atoms with Gasteiger partial charge in [-0.15, -0.1) is 0 Å². The molecule has 1 aliphatic rings. The molecule has 0 bridgehead atoms. The van der Waals surface area contributed by atoms with Crippen LogP contribution >= 0.6 is 0 Å². The third kappa shape index (κ3) is 4.65. The van der Waals surface area contributed by atoms with Gasteiger partial charge in [-0.3, -0.25) is 14.6 Å². The van der Waals surface area contributed by atoms with Crippen molar-refractivity contribution < 1.29 is 4.74 Å². The highest BCUT2D eigenvalue weighted by Crippen LogP contribution is 2.24. The van der Waals surface area contributed by atoms with Crippen LogP contribution in [0.2, 0.25) is 0 Å². The minimum absolute atomic E-state index is 0.330. The van der Waals surface area contributed by atoms with Gasteiger partial charge in [-0.2, -0.15) is 5.10 Å². The molecule has 0 amide bonds. The van der Waals surface area contributed by atoms with Crippen LogP contribution < -0.4 is 0 Å². The summed E-state index contributed by atoms with van der Waals surface area (Å²) in [7, 11) is 1.96. The molecular weight excluding hydrogens is 300 g/mol. The lowest BCUT2D eigenvalue weighted by Gasteiger charge is -2.23. The fraction of sp³-hybridized carbons (Fsp3) is 0.579. The summed E-state index contributed by atoms with van der Waals surface area (Å²) in [5, 5.41) is 4.25. The Morgan fingerprint density at radius 3 is 2.71 bits per heavy atom. The lowest BCUT2D eigenvalue weighted by atomic mass is 10.1. The minimum atomic E-state index is 0.330. The zero-order chi connectivity index (χ0) is 16.9. The van der Waals surface area contributed by atoms with Gasteiger partial charge < -0.3 is 4.74 Å². The Labute approximate surface area is 144 Å². The number of aromatic nitrogens is 3. The molecule has 1 aliphatic heterocycles. The van der Waals surface area contributed by atoms with Crippen LogP contribution in [0.4, 0.5) is 0 Å². The average Bonchev–Trinajstić information content (AvgIpc) is 3.18. The number of likely N-dealkylation sites (N-methyl/N-ethyl adjacent to an activating group) is 1. The number of nitrogens with zero attached hydrogens (tertiary/aromatic N) is 4. The second-order valence-corrected chi connectivity index (χ2v) is 6.82. The average molecular weight is 328 g/mol. The highest BCUT2D eigenvalue weighted by molar-refractivity contribution is 5.14. The van der Waals surface area contributed by atoms with Gasteiger partial charge in [0.05, 0.1) is 18.4 Å². The van der Waals surface area contributed by atoms with Crippen LogP contribution in [0.1, 0.15) is 36.6 Å². The number of hydrogen-bond acceptors (Lipinski definition) is 4. The van der Waals surface area contributed by atoms with Crippen molar-refractivity contribution in [3.63, 3.8) is 0 Å². The summed E-state index contributed by atoms with van der Waals surface area (Å²) < 4.78 is 8.14. The normalized spacial score (nSPS) is 20.8. The standard InChI is InChI=1S/C19H28N4O/c1-4-23(13-17-11-21-22(3)12-17)14-19-8-7-18(24-19)9-16-6-5-15(2)20-10-16/h5-6,10-12,18-19H,4,7-9,13-14H2,1-3H3/t18-,19+/m1/s1. The van der Waals surface area contributed by atoms with Crippen LogP contribution in [0.15, 0.2) is 30.7 Å². The largest absolute Gasteiger partial charge is 0.373 e. The van der Waals surface area contributed by atoms with E-state index in [0.717, 1.165) is 44.6 Å². The third-order valence-corrected chi connectivity index (χ3v) is 4.71. The van der Waals surface area contributed by atoms with E-state index in [1.807, 2.05) is 31.0 Å². The maximum atomic E-state index is 6.28. The predicted octanol–water partition coefficient (Wildman–Crippen LogP) is 2.74. The van der Waals surface area contributed by atoms with Crippen molar-refractivity contribution in [3.8, 4) is 0 Å². The zero-order valence-corrected chi connectivity index (χ0v) is 15.0. The monoisotopic (exact) mass is 328 g/mol. The Kier molecular flexibility index (Phi) is 5.63. The van der Waals surface area contributed by atoms with Crippen molar-refractivity contribution in [1.29, 1.82) is 0 Å². The molecule has 0 radical (unpaired) electrons. The van der Waals surface area contributed by atoms with Gasteiger partial charge in [0, 0.05) is 50.2 Å². The van der Waals surface area contributed by atoms with Gasteiger partial charge in [0.1, 0.15) is 0 Å². The summed E-state index contributed by atoms with van der Waals surface area (Å²) in [6.07, 6.45) is 9.94. The van der Waals surface area contributed by atoms with Gasteiger partial charge in [0.15, 0.2) is 0 Å². The first-order chi connectivity index (χ1) is 11.6. The maximum Gasteiger partial charge on any atom is 0.0707 e. The zero-order valence-electron chi connectivity index (χ0n) is 15.0. The molecule has 2 aromatic heterocycles. The van der Waals surface area contributed by atoms with Crippen LogP contribution in [-0.4, -0.2) is 45.0 Å². The van der Waals surface area contributed by atoms with Crippen molar-refractivity contribution in [2.24, 2.45) is 7.05 Å². The molecule has 3 rings (SSSR count). The van der Waals surface area contributed by atoms with E-state index in [4.69, 9.17) is 4.74 Å². The summed E-state index contributed by atoms with van der Waals surface area (Å²) in [6, 6.07) is 4.24. The van der Waals surface area contributed by atoms with Crippen molar-refractivity contribution >= 4 is 0 Å². The first-order valence-electron chi connectivity index (χ1n) is 8.89. The molecule has 5 nitrogen and oxygen atoms in total. The van der Waals surface area contributed by atoms with Gasteiger partial charge in [-0.1, -0.05) is 13.0 Å². The van der Waals surface area contributed by atoms with E-state index in [9.17, 15) is 0 Å². The molecule has 0 saturated carbocycles. The van der Waals surface area contributed by atoms with Crippen molar-refractivity contribution in [2.75, 3.05) is 13.1 Å². The SMILES string of the molecule is CCN(Cc1cnn(C)c1)C[C@@H]1CC[C@H](Cc2ccc(C)nc2)O1. The summed E-state index contributed by atoms with van der Waals surface area (Å²) in [5.41, 5.74) is 3.60. The van der Waals surface area contributed by atoms with E-state index in [0.29, 0.717) is 12.2 Å².